The summed E-state index contributed by atoms with van der Waals surface area (Å²) in [6.07, 6.45) is 8.44. The molecule has 3 heterocycles. The molecule has 9 nitrogen and oxygen atoms in total. The summed E-state index contributed by atoms with van der Waals surface area (Å²) in [7, 11) is 0. The molecule has 43 heavy (non-hydrogen) atoms. The maximum atomic E-state index is 14.3. The van der Waals surface area contributed by atoms with Gasteiger partial charge in [-0.3, -0.25) is 19.2 Å². The van der Waals surface area contributed by atoms with Crippen molar-refractivity contribution in [3.63, 3.8) is 0 Å². The number of fused-ring (bicyclic) bond motifs is 2. The van der Waals surface area contributed by atoms with E-state index in [0.717, 1.165) is 31.2 Å². The van der Waals surface area contributed by atoms with E-state index in [9.17, 15) is 24.3 Å². The zero-order chi connectivity index (χ0) is 31.0. The lowest BCUT2D eigenvalue weighted by Gasteiger charge is -2.29. The van der Waals surface area contributed by atoms with Crippen LogP contribution in [0.3, 0.4) is 0 Å². The number of Topliss-reactive ketones (excluding diaryl/α,β-unsaturated/α-hetero) is 1. The molecule has 3 aliphatic heterocycles. The number of nitrogens with zero attached hydrogens (tertiary/aromatic N) is 2. The second-order valence-corrected chi connectivity index (χ2v) is 14.1. The first kappa shape index (κ1) is 31.2. The number of rotatable bonds is 4. The fourth-order valence-corrected chi connectivity index (χ4v) is 6.96. The van der Waals surface area contributed by atoms with Crippen LogP contribution in [0.25, 0.3) is 0 Å². The predicted molar refractivity (Wildman–Crippen MR) is 161 cm³/mol. The minimum absolute atomic E-state index is 0.0906. The third-order valence-electron chi connectivity index (χ3n) is 9.08. The summed E-state index contributed by atoms with van der Waals surface area (Å²) in [5.74, 6) is -2.92. The first-order chi connectivity index (χ1) is 20.3. The van der Waals surface area contributed by atoms with Crippen LogP contribution in [0.1, 0.15) is 90.5 Å². The van der Waals surface area contributed by atoms with Gasteiger partial charge in [-0.1, -0.05) is 53.9 Å². The van der Waals surface area contributed by atoms with E-state index in [4.69, 9.17) is 21.2 Å². The van der Waals surface area contributed by atoms with Gasteiger partial charge in [-0.25, -0.2) is 0 Å². The molecule has 1 aromatic rings. The number of oxime groups is 1. The molecule has 1 saturated carbocycles. The lowest BCUT2D eigenvalue weighted by atomic mass is 9.87. The molecule has 0 aromatic heterocycles. The Morgan fingerprint density at radius 3 is 2.67 bits per heavy atom. The Balaban J connectivity index is 1.44. The molecule has 4 aliphatic rings. The number of hydrogen-bond acceptors (Lipinski definition) is 7. The highest BCUT2D eigenvalue weighted by Gasteiger charge is 2.62. The monoisotopic (exact) mass is 612 g/mol. The number of ether oxygens (including phenoxy) is 1. The number of halogens is 1. The summed E-state index contributed by atoms with van der Waals surface area (Å²) >= 11 is 6.21. The number of carbonyl (C=O) groups is 4. The minimum Gasteiger partial charge on any atom is -0.481 e. The summed E-state index contributed by atoms with van der Waals surface area (Å²) in [6, 6.07) is 6.39. The summed E-state index contributed by atoms with van der Waals surface area (Å²) in [6.45, 7) is 5.47. The van der Waals surface area contributed by atoms with Gasteiger partial charge in [0.2, 0.25) is 5.91 Å². The molecule has 2 fully saturated rings. The molecule has 1 aromatic carbocycles. The Morgan fingerprint density at radius 2 is 1.95 bits per heavy atom. The third-order valence-corrected chi connectivity index (χ3v) is 9.31. The van der Waals surface area contributed by atoms with Gasteiger partial charge in [-0.05, 0) is 64.5 Å². The lowest BCUT2D eigenvalue weighted by Crippen LogP contribution is -2.46. The number of allylic oxidation sites excluding steroid dienone is 2. The number of amides is 1. The van der Waals surface area contributed by atoms with Crippen molar-refractivity contribution in [3.8, 4) is 0 Å². The largest absolute Gasteiger partial charge is 0.481 e. The number of carboxylic acids is 1. The topological polar surface area (TPSA) is 123 Å². The van der Waals surface area contributed by atoms with Crippen LogP contribution in [0.4, 0.5) is 0 Å². The van der Waals surface area contributed by atoms with E-state index in [1.807, 2.05) is 24.3 Å². The van der Waals surface area contributed by atoms with Crippen molar-refractivity contribution in [3.05, 3.63) is 47.0 Å². The van der Waals surface area contributed by atoms with Crippen molar-refractivity contribution in [1.82, 2.24) is 4.90 Å². The second kappa shape index (κ2) is 12.1. The van der Waals surface area contributed by atoms with Crippen molar-refractivity contribution in [2.75, 3.05) is 6.54 Å². The molecule has 1 spiro atoms. The molecular formula is C33H41ClN2O7. The van der Waals surface area contributed by atoms with Crippen LogP contribution in [0.5, 0.6) is 0 Å². The second-order valence-electron chi connectivity index (χ2n) is 13.7. The van der Waals surface area contributed by atoms with Crippen LogP contribution in [0, 0.1) is 17.3 Å². The summed E-state index contributed by atoms with van der Waals surface area (Å²) < 4.78 is 5.57. The number of hydrogen-bond donors (Lipinski definition) is 1. The first-order valence-corrected chi connectivity index (χ1v) is 15.6. The Morgan fingerprint density at radius 1 is 1.16 bits per heavy atom. The molecule has 5 rings (SSSR count). The van der Waals surface area contributed by atoms with Crippen molar-refractivity contribution in [2.24, 2.45) is 22.4 Å². The van der Waals surface area contributed by atoms with Crippen molar-refractivity contribution in [1.29, 1.82) is 0 Å². The maximum Gasteiger partial charge on any atom is 0.310 e. The molecule has 1 saturated heterocycles. The van der Waals surface area contributed by atoms with Crippen LogP contribution in [-0.4, -0.2) is 63.1 Å². The minimum atomic E-state index is -1.16. The zero-order valence-corrected chi connectivity index (χ0v) is 25.9. The van der Waals surface area contributed by atoms with E-state index in [-0.39, 0.29) is 43.4 Å². The number of carbonyl (C=O) groups excluding carboxylic acids is 3. The van der Waals surface area contributed by atoms with Gasteiger partial charge in [0, 0.05) is 35.8 Å². The number of esters is 1. The third kappa shape index (κ3) is 6.97. The van der Waals surface area contributed by atoms with E-state index in [0.29, 0.717) is 30.0 Å². The van der Waals surface area contributed by atoms with Gasteiger partial charge in [0.05, 0.1) is 30.1 Å². The molecular weight excluding hydrogens is 572 g/mol. The van der Waals surface area contributed by atoms with E-state index in [1.165, 1.54) is 4.90 Å². The maximum absolute atomic E-state index is 14.3. The summed E-state index contributed by atoms with van der Waals surface area (Å²) in [4.78, 5) is 61.1. The molecule has 5 atom stereocenters. The molecule has 1 aliphatic carbocycles. The lowest BCUT2D eigenvalue weighted by molar-refractivity contribution is -0.159. The Labute approximate surface area is 257 Å². The van der Waals surface area contributed by atoms with Crippen LogP contribution >= 0.6 is 11.6 Å². The molecule has 0 radical (unpaired) electrons. The number of carboxylic acid groups (broad SMARTS) is 1. The predicted octanol–water partition coefficient (Wildman–Crippen LogP) is 5.72. The average Bonchev–Trinajstić information content (AvgIpc) is 3.27. The number of aliphatic carboxylic acids is 1. The first-order valence-electron chi connectivity index (χ1n) is 15.3. The average molecular weight is 613 g/mol. The molecule has 1 amide bonds. The van der Waals surface area contributed by atoms with E-state index >= 15 is 0 Å². The number of benzene rings is 1. The van der Waals surface area contributed by atoms with Gasteiger partial charge in [0.15, 0.2) is 11.4 Å². The fraction of sp³-hybridized carbons (Fsp3) is 0.606. The van der Waals surface area contributed by atoms with E-state index in [2.05, 4.69) is 5.16 Å². The van der Waals surface area contributed by atoms with Gasteiger partial charge in [-0.2, -0.15) is 0 Å². The van der Waals surface area contributed by atoms with Gasteiger partial charge in [-0.15, -0.1) is 0 Å². The molecule has 0 unspecified atom stereocenters. The standard InChI is InChI=1S/C33H41ClN2O7/c1-31(2,3)42-28(38)15-22-10-7-5-4-6-8-12-23-16-33(23,30(40)41)19-27(37)26-18-32(20-36(26)29(22)39)17-25(35-43-32)21-11-9-13-24(34)14-21/h8-9,11-14,22-23,26H,4-7,10,15-20H2,1-3H3,(H,40,41)/b12-8-/t22-,23-,26+,32-,33-/m1/s1. The molecule has 1 N–H and O–H groups in total. The SMILES string of the molecule is CC(C)(C)OC(=O)C[C@H]1CCCCC/C=C\[C@@H]2C[C@@]2(C(=O)O)CC(=O)[C@@H]2C[C@]3(CC(c4cccc(Cl)c4)=NO3)CN2C1=O. The van der Waals surface area contributed by atoms with Crippen LogP contribution < -0.4 is 0 Å². The summed E-state index contributed by atoms with van der Waals surface area (Å²) in [5.41, 5.74) is -1.32. The number of ketones is 1. The highest BCUT2D eigenvalue weighted by Crippen LogP contribution is 2.57. The van der Waals surface area contributed by atoms with Crippen molar-refractivity contribution in [2.45, 2.75) is 102 Å². The smallest absolute Gasteiger partial charge is 0.310 e. The normalized spacial score (nSPS) is 32.1. The highest BCUT2D eigenvalue weighted by molar-refractivity contribution is 6.31. The van der Waals surface area contributed by atoms with Crippen molar-refractivity contribution >= 4 is 40.9 Å². The van der Waals surface area contributed by atoms with E-state index < -0.39 is 40.5 Å². The Bertz CT molecular complexity index is 1350. The van der Waals surface area contributed by atoms with Gasteiger partial charge in [0.1, 0.15) is 5.60 Å². The fourth-order valence-electron chi connectivity index (χ4n) is 6.77. The van der Waals surface area contributed by atoms with Gasteiger partial charge >= 0.3 is 11.9 Å². The molecule has 10 heteroatoms. The zero-order valence-electron chi connectivity index (χ0n) is 25.1. The summed E-state index contributed by atoms with van der Waals surface area (Å²) in [5, 5.41) is 15.1. The Kier molecular flexibility index (Phi) is 8.76. The van der Waals surface area contributed by atoms with Crippen LogP contribution in [-0.2, 0) is 28.8 Å². The van der Waals surface area contributed by atoms with Crippen LogP contribution in [0.2, 0.25) is 5.02 Å². The van der Waals surface area contributed by atoms with Gasteiger partial charge < -0.3 is 19.6 Å². The Hall–Kier alpha value is -3.20. The molecule has 232 valence electrons. The molecule has 0 bridgehead atoms. The van der Waals surface area contributed by atoms with Crippen molar-refractivity contribution < 1.29 is 33.9 Å². The van der Waals surface area contributed by atoms with E-state index in [1.54, 1.807) is 32.9 Å². The van der Waals surface area contributed by atoms with Crippen LogP contribution in [0.15, 0.2) is 41.6 Å². The quantitative estimate of drug-likeness (QED) is 0.341. The highest BCUT2D eigenvalue weighted by atomic mass is 35.5. The van der Waals surface area contributed by atoms with Gasteiger partial charge in [0.25, 0.3) is 0 Å².